The lowest BCUT2D eigenvalue weighted by molar-refractivity contribution is 0.485. The van der Waals surface area contributed by atoms with Gasteiger partial charge in [0.05, 0.1) is 5.54 Å². The molecule has 0 bridgehead atoms. The monoisotopic (exact) mass is 221 g/mol. The van der Waals surface area contributed by atoms with Gasteiger partial charge in [0.1, 0.15) is 0 Å². The SMILES string of the molecule is C=CC1(n2ccc3ccccc32)C=CC=CC1. The van der Waals surface area contributed by atoms with Crippen molar-refractivity contribution < 1.29 is 0 Å². The van der Waals surface area contributed by atoms with E-state index in [4.69, 9.17) is 0 Å². The van der Waals surface area contributed by atoms with Gasteiger partial charge >= 0.3 is 0 Å². The summed E-state index contributed by atoms with van der Waals surface area (Å²) in [6.07, 6.45) is 13.7. The second-order valence-electron chi connectivity index (χ2n) is 4.43. The zero-order valence-corrected chi connectivity index (χ0v) is 9.71. The van der Waals surface area contributed by atoms with Crippen LogP contribution in [0.25, 0.3) is 10.9 Å². The average Bonchev–Trinajstić information content (AvgIpc) is 2.84. The van der Waals surface area contributed by atoms with E-state index in [0.29, 0.717) is 0 Å². The van der Waals surface area contributed by atoms with Crippen LogP contribution in [0.5, 0.6) is 0 Å². The molecule has 17 heavy (non-hydrogen) atoms. The summed E-state index contributed by atoms with van der Waals surface area (Å²) < 4.78 is 2.30. The van der Waals surface area contributed by atoms with E-state index >= 15 is 0 Å². The minimum atomic E-state index is -0.113. The summed E-state index contributed by atoms with van der Waals surface area (Å²) in [6.45, 7) is 4.01. The number of nitrogens with zero attached hydrogens (tertiary/aromatic N) is 1. The summed E-state index contributed by atoms with van der Waals surface area (Å²) in [5.41, 5.74) is 1.14. The third-order valence-corrected chi connectivity index (χ3v) is 3.48. The van der Waals surface area contributed by atoms with Crippen molar-refractivity contribution in [3.05, 3.63) is 73.5 Å². The topological polar surface area (TPSA) is 4.93 Å². The first-order valence-electron chi connectivity index (χ1n) is 5.90. The fourth-order valence-corrected chi connectivity index (χ4v) is 2.50. The Morgan fingerprint density at radius 3 is 2.82 bits per heavy atom. The van der Waals surface area contributed by atoms with Crippen LogP contribution < -0.4 is 0 Å². The standard InChI is InChI=1S/C16H15N/c1-2-16(11-6-3-7-12-16)17-13-10-14-8-4-5-9-15(14)17/h2-11,13H,1,12H2. The molecule has 1 nitrogen and oxygen atoms in total. The molecule has 84 valence electrons. The van der Waals surface area contributed by atoms with Gasteiger partial charge in [0.15, 0.2) is 0 Å². The maximum Gasteiger partial charge on any atom is 0.0846 e. The van der Waals surface area contributed by atoms with Crippen molar-refractivity contribution in [2.45, 2.75) is 12.0 Å². The molecule has 1 aliphatic carbocycles. The molecule has 0 saturated carbocycles. The summed E-state index contributed by atoms with van der Waals surface area (Å²) in [7, 11) is 0. The van der Waals surface area contributed by atoms with Crippen LogP contribution in [0.3, 0.4) is 0 Å². The number of hydrogen-bond acceptors (Lipinski definition) is 0. The molecule has 0 N–H and O–H groups in total. The quantitative estimate of drug-likeness (QED) is 0.674. The van der Waals surface area contributed by atoms with Crippen LogP contribution in [0, 0.1) is 0 Å². The van der Waals surface area contributed by atoms with Gasteiger partial charge < -0.3 is 4.57 Å². The number of para-hydroxylation sites is 1. The Kier molecular flexibility index (Phi) is 2.25. The largest absolute Gasteiger partial charge is 0.334 e. The van der Waals surface area contributed by atoms with Crippen molar-refractivity contribution in [3.63, 3.8) is 0 Å². The second kappa shape index (κ2) is 3.77. The predicted molar refractivity (Wildman–Crippen MR) is 73.0 cm³/mol. The van der Waals surface area contributed by atoms with Gasteiger partial charge in [-0.15, -0.1) is 6.58 Å². The summed E-state index contributed by atoms with van der Waals surface area (Å²) in [4.78, 5) is 0. The van der Waals surface area contributed by atoms with Crippen LogP contribution >= 0.6 is 0 Å². The van der Waals surface area contributed by atoms with Crippen molar-refractivity contribution >= 4 is 10.9 Å². The first-order valence-corrected chi connectivity index (χ1v) is 5.90. The lowest BCUT2D eigenvalue weighted by Gasteiger charge is -2.30. The molecule has 1 heterocycles. The van der Waals surface area contributed by atoms with Gasteiger partial charge in [-0.3, -0.25) is 0 Å². The predicted octanol–water partition coefficient (Wildman–Crippen LogP) is 4.04. The molecular weight excluding hydrogens is 206 g/mol. The van der Waals surface area contributed by atoms with Gasteiger partial charge in [0, 0.05) is 11.7 Å². The van der Waals surface area contributed by atoms with Crippen LogP contribution in [0.1, 0.15) is 6.42 Å². The van der Waals surface area contributed by atoms with Crippen LogP contribution in [0.4, 0.5) is 0 Å². The van der Waals surface area contributed by atoms with Crippen LogP contribution in [-0.2, 0) is 5.54 Å². The number of fused-ring (bicyclic) bond motifs is 1. The molecule has 0 amide bonds. The van der Waals surface area contributed by atoms with E-state index in [-0.39, 0.29) is 5.54 Å². The Morgan fingerprint density at radius 1 is 1.18 bits per heavy atom. The Hall–Kier alpha value is -2.02. The zero-order valence-electron chi connectivity index (χ0n) is 9.71. The van der Waals surface area contributed by atoms with E-state index in [9.17, 15) is 0 Å². The van der Waals surface area contributed by atoms with Crippen LogP contribution in [0.15, 0.2) is 73.5 Å². The van der Waals surface area contributed by atoms with E-state index in [2.05, 4.69) is 72.0 Å². The van der Waals surface area contributed by atoms with Crippen molar-refractivity contribution in [1.29, 1.82) is 0 Å². The Labute approximate surface area is 101 Å². The van der Waals surface area contributed by atoms with E-state index in [1.807, 2.05) is 6.08 Å². The van der Waals surface area contributed by atoms with Gasteiger partial charge in [-0.05, 0) is 23.9 Å². The molecule has 0 saturated heterocycles. The lowest BCUT2D eigenvalue weighted by atomic mass is 9.91. The van der Waals surface area contributed by atoms with Crippen molar-refractivity contribution in [2.75, 3.05) is 0 Å². The van der Waals surface area contributed by atoms with Gasteiger partial charge in [0.25, 0.3) is 0 Å². The Morgan fingerprint density at radius 2 is 2.06 bits per heavy atom. The zero-order chi connectivity index (χ0) is 11.7. The molecule has 0 aliphatic heterocycles. The average molecular weight is 221 g/mol. The summed E-state index contributed by atoms with van der Waals surface area (Å²) in [5, 5.41) is 1.27. The molecule has 1 aromatic heterocycles. The second-order valence-corrected chi connectivity index (χ2v) is 4.43. The van der Waals surface area contributed by atoms with Crippen LogP contribution in [-0.4, -0.2) is 4.57 Å². The number of aromatic nitrogens is 1. The molecular formula is C16H15N. The first kappa shape index (κ1) is 10.2. The smallest absolute Gasteiger partial charge is 0.0846 e. The summed E-state index contributed by atoms with van der Waals surface area (Å²) in [6, 6.07) is 10.6. The fraction of sp³-hybridized carbons (Fsp3) is 0.125. The molecule has 0 spiro atoms. The Balaban J connectivity index is 2.23. The lowest BCUT2D eigenvalue weighted by Crippen LogP contribution is -2.28. The maximum absolute atomic E-state index is 4.01. The number of rotatable bonds is 2. The van der Waals surface area contributed by atoms with Gasteiger partial charge in [-0.1, -0.05) is 48.6 Å². The molecule has 1 unspecified atom stereocenters. The molecule has 1 heteroatoms. The van der Waals surface area contributed by atoms with Crippen molar-refractivity contribution in [2.24, 2.45) is 0 Å². The van der Waals surface area contributed by atoms with Crippen LogP contribution in [0.2, 0.25) is 0 Å². The fourth-order valence-electron chi connectivity index (χ4n) is 2.50. The van der Waals surface area contributed by atoms with Gasteiger partial charge in [-0.25, -0.2) is 0 Å². The Bertz CT molecular complexity index is 615. The van der Waals surface area contributed by atoms with Crippen molar-refractivity contribution in [3.8, 4) is 0 Å². The highest BCUT2D eigenvalue weighted by Gasteiger charge is 2.26. The van der Waals surface area contributed by atoms with E-state index < -0.39 is 0 Å². The molecule has 1 aliphatic rings. The van der Waals surface area contributed by atoms with E-state index in [1.54, 1.807) is 0 Å². The van der Waals surface area contributed by atoms with Crippen molar-refractivity contribution in [1.82, 2.24) is 4.57 Å². The molecule has 1 atom stereocenters. The first-order chi connectivity index (χ1) is 8.36. The summed E-state index contributed by atoms with van der Waals surface area (Å²) in [5.74, 6) is 0. The third kappa shape index (κ3) is 1.47. The molecule has 3 rings (SSSR count). The highest BCUT2D eigenvalue weighted by Crippen LogP contribution is 2.32. The third-order valence-electron chi connectivity index (χ3n) is 3.48. The van der Waals surface area contributed by atoms with E-state index in [0.717, 1.165) is 6.42 Å². The summed E-state index contributed by atoms with van der Waals surface area (Å²) >= 11 is 0. The molecule has 0 radical (unpaired) electrons. The number of allylic oxidation sites excluding steroid dienone is 5. The number of hydrogen-bond donors (Lipinski definition) is 0. The molecule has 0 fully saturated rings. The molecule has 2 aromatic rings. The molecule has 1 aromatic carbocycles. The maximum atomic E-state index is 4.01. The van der Waals surface area contributed by atoms with Gasteiger partial charge in [-0.2, -0.15) is 0 Å². The van der Waals surface area contributed by atoms with Gasteiger partial charge in [0.2, 0.25) is 0 Å². The minimum absolute atomic E-state index is 0.113. The highest BCUT2D eigenvalue weighted by atomic mass is 15.0. The van der Waals surface area contributed by atoms with E-state index in [1.165, 1.54) is 10.9 Å². The number of benzene rings is 1. The minimum Gasteiger partial charge on any atom is -0.334 e. The normalized spacial score (nSPS) is 23.1. The highest BCUT2D eigenvalue weighted by molar-refractivity contribution is 5.80.